The summed E-state index contributed by atoms with van der Waals surface area (Å²) in [6, 6.07) is 5.94. The van der Waals surface area contributed by atoms with Gasteiger partial charge in [-0.15, -0.1) is 11.3 Å². The molecule has 1 aliphatic heterocycles. The number of ether oxygens (including phenoxy) is 1. The Morgan fingerprint density at radius 2 is 2.00 bits per heavy atom. The number of thiazole rings is 1. The van der Waals surface area contributed by atoms with Crippen LogP contribution in [0.3, 0.4) is 0 Å². The predicted molar refractivity (Wildman–Crippen MR) is 67.4 cm³/mol. The monoisotopic (exact) mass is 261 g/mol. The molecule has 1 aromatic heterocycles. The van der Waals surface area contributed by atoms with Crippen molar-refractivity contribution in [3.8, 4) is 0 Å². The minimum atomic E-state index is -0.439. The molecule has 0 spiro atoms. The molecule has 18 heavy (non-hydrogen) atoms. The number of cyclic esters (lactones) is 2. The lowest BCUT2D eigenvalue weighted by atomic mass is 9.91. The van der Waals surface area contributed by atoms with Gasteiger partial charge in [0.05, 0.1) is 28.1 Å². The van der Waals surface area contributed by atoms with E-state index in [0.717, 1.165) is 20.8 Å². The Labute approximate surface area is 108 Å². The zero-order valence-corrected chi connectivity index (χ0v) is 10.6. The lowest BCUT2D eigenvalue weighted by molar-refractivity contribution is -0.163. The second kappa shape index (κ2) is 4.17. The largest absolute Gasteiger partial charge is 0.393 e. The first-order chi connectivity index (χ1) is 8.61. The number of hydrogen-bond acceptors (Lipinski definition) is 5. The van der Waals surface area contributed by atoms with Crippen molar-refractivity contribution in [3.63, 3.8) is 0 Å². The molecule has 0 saturated carbocycles. The summed E-state index contributed by atoms with van der Waals surface area (Å²) in [5, 5.41) is 1.02. The first-order valence-electron chi connectivity index (χ1n) is 5.72. The summed E-state index contributed by atoms with van der Waals surface area (Å²) in [4.78, 5) is 27.0. The van der Waals surface area contributed by atoms with Crippen LogP contribution in [-0.2, 0) is 14.3 Å². The average Bonchev–Trinajstić information content (AvgIpc) is 2.66. The van der Waals surface area contributed by atoms with Crippen LogP contribution in [0.2, 0.25) is 0 Å². The maximum Gasteiger partial charge on any atom is 0.314 e. The van der Waals surface area contributed by atoms with Crippen molar-refractivity contribution >= 4 is 33.5 Å². The fourth-order valence-corrected chi connectivity index (χ4v) is 3.04. The molecule has 5 heteroatoms. The van der Waals surface area contributed by atoms with Crippen LogP contribution in [-0.4, -0.2) is 16.9 Å². The second-order valence-electron chi connectivity index (χ2n) is 4.41. The molecule has 2 heterocycles. The Morgan fingerprint density at radius 3 is 2.72 bits per heavy atom. The number of aryl methyl sites for hydroxylation is 1. The first kappa shape index (κ1) is 11.3. The van der Waals surface area contributed by atoms with E-state index in [1.807, 2.05) is 25.1 Å². The zero-order valence-electron chi connectivity index (χ0n) is 9.80. The Bertz CT molecular complexity index is 631. The summed E-state index contributed by atoms with van der Waals surface area (Å²) in [5.41, 5.74) is 1.92. The third-order valence-corrected chi connectivity index (χ3v) is 4.00. The van der Waals surface area contributed by atoms with E-state index in [1.54, 1.807) is 11.3 Å². The summed E-state index contributed by atoms with van der Waals surface area (Å²) >= 11 is 1.64. The number of carbonyl (C=O) groups is 2. The second-order valence-corrected chi connectivity index (χ2v) is 5.65. The molecular weight excluding hydrogens is 250 g/mol. The van der Waals surface area contributed by atoms with Gasteiger partial charge >= 0.3 is 11.9 Å². The summed E-state index contributed by atoms with van der Waals surface area (Å²) in [6.07, 6.45) is 0.529. The maximum atomic E-state index is 11.3. The normalized spacial score (nSPS) is 17.2. The lowest BCUT2D eigenvalue weighted by Gasteiger charge is -2.19. The van der Waals surface area contributed by atoms with Gasteiger partial charge in [-0.05, 0) is 24.6 Å². The number of fused-ring (bicyclic) bond motifs is 1. The molecule has 0 aliphatic carbocycles. The van der Waals surface area contributed by atoms with E-state index in [1.165, 1.54) is 0 Å². The number of carbonyl (C=O) groups excluding carboxylic acids is 2. The van der Waals surface area contributed by atoms with Crippen molar-refractivity contribution in [3.05, 3.63) is 28.8 Å². The molecule has 0 N–H and O–H groups in total. The van der Waals surface area contributed by atoms with E-state index in [9.17, 15) is 9.59 Å². The highest BCUT2D eigenvalue weighted by Crippen LogP contribution is 2.31. The van der Waals surface area contributed by atoms with Gasteiger partial charge in [-0.2, -0.15) is 0 Å². The Hall–Kier alpha value is -1.75. The van der Waals surface area contributed by atoms with E-state index in [0.29, 0.717) is 0 Å². The van der Waals surface area contributed by atoms with E-state index < -0.39 is 11.9 Å². The smallest absolute Gasteiger partial charge is 0.314 e. The topological polar surface area (TPSA) is 56.3 Å². The molecule has 1 saturated heterocycles. The quantitative estimate of drug-likeness (QED) is 0.584. The van der Waals surface area contributed by atoms with Crippen LogP contribution in [0.25, 0.3) is 10.2 Å². The number of aromatic nitrogens is 1. The average molecular weight is 261 g/mol. The van der Waals surface area contributed by atoms with E-state index in [2.05, 4.69) is 9.72 Å². The van der Waals surface area contributed by atoms with Gasteiger partial charge in [0, 0.05) is 5.92 Å². The van der Waals surface area contributed by atoms with Crippen molar-refractivity contribution in [2.45, 2.75) is 25.7 Å². The molecule has 1 fully saturated rings. The molecule has 2 aromatic rings. The van der Waals surface area contributed by atoms with Crippen LogP contribution in [0.4, 0.5) is 0 Å². The number of rotatable bonds is 1. The minimum Gasteiger partial charge on any atom is -0.393 e. The molecule has 0 radical (unpaired) electrons. The van der Waals surface area contributed by atoms with Gasteiger partial charge in [-0.25, -0.2) is 4.98 Å². The molecule has 1 aliphatic rings. The van der Waals surface area contributed by atoms with E-state index in [4.69, 9.17) is 0 Å². The standard InChI is InChI=1S/C13H11NO3S/c1-7-14-10-4-8(2-3-11(10)18-7)9-5-12(15)17-13(16)6-9/h2-4,9H,5-6H2,1H3. The van der Waals surface area contributed by atoms with Crippen LogP contribution >= 0.6 is 11.3 Å². The van der Waals surface area contributed by atoms with Gasteiger partial charge in [0.1, 0.15) is 0 Å². The number of esters is 2. The van der Waals surface area contributed by atoms with Crippen LogP contribution in [0.5, 0.6) is 0 Å². The molecule has 0 unspecified atom stereocenters. The predicted octanol–water partition coefficient (Wildman–Crippen LogP) is 2.55. The molecular formula is C13H11NO3S. The molecule has 3 rings (SSSR count). The number of nitrogens with zero attached hydrogens (tertiary/aromatic N) is 1. The van der Waals surface area contributed by atoms with Gasteiger partial charge in [-0.3, -0.25) is 9.59 Å². The highest BCUT2D eigenvalue weighted by Gasteiger charge is 2.28. The fourth-order valence-electron chi connectivity index (χ4n) is 2.23. The van der Waals surface area contributed by atoms with Crippen molar-refractivity contribution < 1.29 is 14.3 Å². The summed E-state index contributed by atoms with van der Waals surface area (Å²) in [7, 11) is 0. The third-order valence-electron chi connectivity index (χ3n) is 3.04. The lowest BCUT2D eigenvalue weighted by Crippen LogP contribution is -2.24. The molecule has 0 atom stereocenters. The Kier molecular flexibility index (Phi) is 2.63. The van der Waals surface area contributed by atoms with E-state index >= 15 is 0 Å². The maximum absolute atomic E-state index is 11.3. The van der Waals surface area contributed by atoms with Crippen molar-refractivity contribution in [1.82, 2.24) is 4.98 Å². The van der Waals surface area contributed by atoms with Crippen molar-refractivity contribution in [2.24, 2.45) is 0 Å². The van der Waals surface area contributed by atoms with Crippen LogP contribution in [0, 0.1) is 6.92 Å². The van der Waals surface area contributed by atoms with Gasteiger partial charge in [0.15, 0.2) is 0 Å². The van der Waals surface area contributed by atoms with Gasteiger partial charge in [0.25, 0.3) is 0 Å². The molecule has 4 nitrogen and oxygen atoms in total. The SMILES string of the molecule is Cc1nc2cc(C3CC(=O)OC(=O)C3)ccc2s1. The number of hydrogen-bond donors (Lipinski definition) is 0. The van der Waals surface area contributed by atoms with Crippen LogP contribution in [0.1, 0.15) is 29.3 Å². The van der Waals surface area contributed by atoms with Gasteiger partial charge in [-0.1, -0.05) is 6.07 Å². The summed E-state index contributed by atoms with van der Waals surface area (Å²) < 4.78 is 5.66. The van der Waals surface area contributed by atoms with Gasteiger partial charge in [0.2, 0.25) is 0 Å². The van der Waals surface area contributed by atoms with Crippen molar-refractivity contribution in [1.29, 1.82) is 0 Å². The highest BCUT2D eigenvalue weighted by atomic mass is 32.1. The third kappa shape index (κ3) is 2.01. The summed E-state index contributed by atoms with van der Waals surface area (Å²) in [5.74, 6) is -0.957. The molecule has 0 bridgehead atoms. The Balaban J connectivity index is 1.98. The Morgan fingerprint density at radius 1 is 1.28 bits per heavy atom. The van der Waals surface area contributed by atoms with Crippen LogP contribution < -0.4 is 0 Å². The molecule has 0 amide bonds. The highest BCUT2D eigenvalue weighted by molar-refractivity contribution is 7.18. The molecule has 1 aromatic carbocycles. The minimum absolute atomic E-state index is 0.0786. The first-order valence-corrected chi connectivity index (χ1v) is 6.54. The van der Waals surface area contributed by atoms with E-state index in [-0.39, 0.29) is 18.8 Å². The number of benzene rings is 1. The fraction of sp³-hybridized carbons (Fsp3) is 0.308. The van der Waals surface area contributed by atoms with Crippen LogP contribution in [0.15, 0.2) is 18.2 Å². The zero-order chi connectivity index (χ0) is 12.7. The van der Waals surface area contributed by atoms with Gasteiger partial charge < -0.3 is 4.74 Å². The summed E-state index contributed by atoms with van der Waals surface area (Å²) in [6.45, 7) is 1.96. The molecule has 92 valence electrons. The van der Waals surface area contributed by atoms with Crippen molar-refractivity contribution in [2.75, 3.05) is 0 Å².